The lowest BCUT2D eigenvalue weighted by molar-refractivity contribution is -0.143. The number of nitrogens with one attached hydrogen (secondary N) is 1. The highest BCUT2D eigenvalue weighted by atomic mass is 19.4. The Bertz CT molecular complexity index is 828. The molecule has 2 atom stereocenters. The van der Waals surface area contributed by atoms with Crippen molar-refractivity contribution in [3.8, 4) is 0 Å². The van der Waals surface area contributed by atoms with Crippen LogP contribution in [0, 0.1) is 0 Å². The van der Waals surface area contributed by atoms with Crippen molar-refractivity contribution >= 4 is 11.9 Å². The van der Waals surface area contributed by atoms with Crippen LogP contribution in [0.4, 0.5) is 27.9 Å². The Hall–Kier alpha value is -2.04. The van der Waals surface area contributed by atoms with Gasteiger partial charge in [0.05, 0.1) is 5.60 Å². The quantitative estimate of drug-likeness (QED) is 0.666. The number of aliphatic hydroxyl groups is 1. The first kappa shape index (κ1) is 19.3. The Morgan fingerprint density at radius 2 is 1.68 bits per heavy atom. The average molecular weight is 407 g/mol. The van der Waals surface area contributed by atoms with Gasteiger partial charge in [0.1, 0.15) is 16.9 Å². The van der Waals surface area contributed by atoms with E-state index in [1.807, 2.05) is 0 Å². The van der Waals surface area contributed by atoms with E-state index in [1.54, 1.807) is 0 Å². The molecule has 4 saturated carbocycles. The second-order valence-electron chi connectivity index (χ2n) is 8.57. The number of hydrogen-bond donors (Lipinski definition) is 3. The van der Waals surface area contributed by atoms with Gasteiger partial charge in [-0.05, 0) is 12.8 Å². The second-order valence-corrected chi connectivity index (χ2v) is 8.57. The topological polar surface area (TPSA) is 95.3 Å². The minimum atomic E-state index is -5.04. The molecule has 0 aromatic carbocycles. The zero-order chi connectivity index (χ0) is 20.6. The number of hydrogen-bond acceptors (Lipinski definition) is 5. The molecule has 0 amide bonds. The predicted molar refractivity (Wildman–Crippen MR) is 85.3 cm³/mol. The lowest BCUT2D eigenvalue weighted by Crippen LogP contribution is -2.60. The van der Waals surface area contributed by atoms with Crippen molar-refractivity contribution in [2.45, 2.75) is 73.6 Å². The van der Waals surface area contributed by atoms with Crippen LogP contribution < -0.4 is 5.32 Å². The SMILES string of the molecule is O=C(O)c1cnc(NC23CCC4(O)CC(F)(CC(F)(C4)C2)C3)nc1C(F)(F)F. The first-order chi connectivity index (χ1) is 12.7. The van der Waals surface area contributed by atoms with E-state index in [4.69, 9.17) is 5.11 Å². The minimum Gasteiger partial charge on any atom is -0.478 e. The van der Waals surface area contributed by atoms with Crippen LogP contribution in [-0.2, 0) is 6.18 Å². The molecule has 1 aromatic rings. The molecule has 6 nitrogen and oxygen atoms in total. The molecule has 1 aromatic heterocycles. The van der Waals surface area contributed by atoms with Gasteiger partial charge < -0.3 is 15.5 Å². The highest BCUT2D eigenvalue weighted by molar-refractivity contribution is 5.88. The molecule has 0 aliphatic heterocycles. The van der Waals surface area contributed by atoms with Crippen molar-refractivity contribution in [2.75, 3.05) is 5.32 Å². The standard InChI is InChI=1S/C17H18F5N3O3/c18-13-4-14(19)6-15(5-13,1-2-16(28,7-13)8-14)25-12-23-3-9(11(26)27)10(24-12)17(20,21)22/h3,28H,1-2,4-8H2,(H,26,27)(H,23,24,25). The molecule has 2 unspecified atom stereocenters. The molecule has 0 spiro atoms. The third-order valence-corrected chi connectivity index (χ3v) is 5.97. The van der Waals surface area contributed by atoms with E-state index in [0.717, 1.165) is 0 Å². The fourth-order valence-corrected chi connectivity index (χ4v) is 5.49. The molecule has 0 saturated heterocycles. The van der Waals surface area contributed by atoms with Crippen molar-refractivity contribution in [1.29, 1.82) is 0 Å². The smallest absolute Gasteiger partial charge is 0.434 e. The summed E-state index contributed by atoms with van der Waals surface area (Å²) in [5, 5.41) is 22.2. The molecule has 154 valence electrons. The largest absolute Gasteiger partial charge is 0.478 e. The number of carboxylic acids is 1. The number of alkyl halides is 5. The highest BCUT2D eigenvalue weighted by Crippen LogP contribution is 2.61. The fourth-order valence-electron chi connectivity index (χ4n) is 5.49. The van der Waals surface area contributed by atoms with Crippen LogP contribution in [-0.4, -0.2) is 48.6 Å². The summed E-state index contributed by atoms with van der Waals surface area (Å²) < 4.78 is 70.1. The second kappa shape index (κ2) is 5.52. The summed E-state index contributed by atoms with van der Waals surface area (Å²) in [4.78, 5) is 18.0. The Labute approximate surface area is 156 Å². The first-order valence-corrected chi connectivity index (χ1v) is 8.81. The molecule has 4 bridgehead atoms. The van der Waals surface area contributed by atoms with Gasteiger partial charge in [-0.2, -0.15) is 13.2 Å². The summed E-state index contributed by atoms with van der Waals surface area (Å²) in [7, 11) is 0. The van der Waals surface area contributed by atoms with Crippen molar-refractivity contribution in [2.24, 2.45) is 0 Å². The lowest BCUT2D eigenvalue weighted by atomic mass is 9.60. The normalized spacial score (nSPS) is 39.6. The molecule has 4 aliphatic carbocycles. The Morgan fingerprint density at radius 3 is 2.21 bits per heavy atom. The number of anilines is 1. The fraction of sp³-hybridized carbons (Fsp3) is 0.706. The maximum absolute atomic E-state index is 15.3. The maximum atomic E-state index is 15.3. The first-order valence-electron chi connectivity index (χ1n) is 8.81. The Balaban J connectivity index is 1.72. The summed E-state index contributed by atoms with van der Waals surface area (Å²) in [6, 6.07) is 0. The highest BCUT2D eigenvalue weighted by Gasteiger charge is 2.66. The summed E-state index contributed by atoms with van der Waals surface area (Å²) in [6.07, 6.45) is -5.48. The van der Waals surface area contributed by atoms with E-state index in [9.17, 15) is 23.1 Å². The number of aromatic carboxylic acids is 1. The van der Waals surface area contributed by atoms with Gasteiger partial charge >= 0.3 is 12.1 Å². The maximum Gasteiger partial charge on any atom is 0.434 e. The van der Waals surface area contributed by atoms with Gasteiger partial charge in [0.25, 0.3) is 0 Å². The predicted octanol–water partition coefficient (Wildman–Crippen LogP) is 3.26. The number of carbonyl (C=O) groups is 1. The average Bonchev–Trinajstić information content (AvgIpc) is 2.62. The minimum absolute atomic E-state index is 0.0939. The van der Waals surface area contributed by atoms with Gasteiger partial charge in [-0.15, -0.1) is 0 Å². The van der Waals surface area contributed by atoms with Gasteiger partial charge in [0.2, 0.25) is 5.95 Å². The van der Waals surface area contributed by atoms with Gasteiger partial charge in [0, 0.05) is 43.8 Å². The van der Waals surface area contributed by atoms with Crippen molar-refractivity contribution in [1.82, 2.24) is 9.97 Å². The molecule has 3 N–H and O–H groups in total. The molecular weight excluding hydrogens is 389 g/mol. The van der Waals surface area contributed by atoms with E-state index in [1.165, 1.54) is 0 Å². The molecule has 4 aliphatic rings. The summed E-state index contributed by atoms with van der Waals surface area (Å²) >= 11 is 0. The van der Waals surface area contributed by atoms with Crippen molar-refractivity contribution < 1.29 is 37.0 Å². The zero-order valence-corrected chi connectivity index (χ0v) is 14.6. The number of nitrogens with zero attached hydrogens (tertiary/aromatic N) is 2. The van der Waals surface area contributed by atoms with Crippen LogP contribution in [0.1, 0.15) is 61.0 Å². The lowest BCUT2D eigenvalue weighted by Gasteiger charge is -2.53. The number of halogens is 5. The number of rotatable bonds is 3. The van der Waals surface area contributed by atoms with E-state index < -0.39 is 51.8 Å². The van der Waals surface area contributed by atoms with Crippen LogP contribution in [0.2, 0.25) is 0 Å². The molecule has 4 fully saturated rings. The van der Waals surface area contributed by atoms with Gasteiger partial charge in [-0.1, -0.05) is 0 Å². The molecule has 0 radical (unpaired) electrons. The summed E-state index contributed by atoms with van der Waals surface area (Å²) in [5.41, 5.74) is -9.49. The van der Waals surface area contributed by atoms with Gasteiger partial charge in [-0.3, -0.25) is 0 Å². The zero-order valence-electron chi connectivity index (χ0n) is 14.6. The van der Waals surface area contributed by atoms with Gasteiger partial charge in [0.15, 0.2) is 5.69 Å². The van der Waals surface area contributed by atoms with E-state index in [2.05, 4.69) is 15.3 Å². The monoisotopic (exact) mass is 407 g/mol. The van der Waals surface area contributed by atoms with Crippen LogP contribution >= 0.6 is 0 Å². The van der Waals surface area contributed by atoms with Crippen molar-refractivity contribution in [3.05, 3.63) is 17.5 Å². The third-order valence-electron chi connectivity index (χ3n) is 5.97. The van der Waals surface area contributed by atoms with Crippen LogP contribution in [0.3, 0.4) is 0 Å². The number of aromatic nitrogens is 2. The van der Waals surface area contributed by atoms with Crippen molar-refractivity contribution in [3.63, 3.8) is 0 Å². The third kappa shape index (κ3) is 3.19. The van der Waals surface area contributed by atoms with E-state index in [0.29, 0.717) is 6.20 Å². The van der Waals surface area contributed by atoms with Crippen LogP contribution in [0.25, 0.3) is 0 Å². The molecule has 1 heterocycles. The summed E-state index contributed by atoms with van der Waals surface area (Å²) in [6.45, 7) is 0. The Morgan fingerprint density at radius 1 is 1.07 bits per heavy atom. The number of carboxylic acid groups (broad SMARTS) is 1. The molecule has 28 heavy (non-hydrogen) atoms. The molecule has 11 heteroatoms. The summed E-state index contributed by atoms with van der Waals surface area (Å²) in [5.74, 6) is -2.38. The number of fused-ring (bicyclic) bond motifs is 1. The molecule has 5 rings (SSSR count). The van der Waals surface area contributed by atoms with E-state index >= 15 is 8.78 Å². The van der Waals surface area contributed by atoms with Crippen LogP contribution in [0.5, 0.6) is 0 Å². The molecular formula is C17H18F5N3O3. The van der Waals surface area contributed by atoms with Gasteiger partial charge in [-0.25, -0.2) is 23.5 Å². The van der Waals surface area contributed by atoms with Crippen LogP contribution in [0.15, 0.2) is 6.20 Å². The Kier molecular flexibility index (Phi) is 3.80. The van der Waals surface area contributed by atoms with E-state index in [-0.39, 0.29) is 44.9 Å².